The Kier molecular flexibility index (Phi) is 8.27. The Labute approximate surface area is 169 Å². The second-order valence-electron chi connectivity index (χ2n) is 8.14. The molecule has 0 aliphatic carbocycles. The molecule has 0 bridgehead atoms. The second kappa shape index (κ2) is 10.9. The Hall–Kier alpha value is -1.47. The number of carbonyl (C=O) groups is 1. The number of amides is 1. The largest absolute Gasteiger partial charge is 0.396 e. The van der Waals surface area contributed by atoms with E-state index in [0.717, 1.165) is 64.1 Å². The summed E-state index contributed by atoms with van der Waals surface area (Å²) in [4.78, 5) is 19.6. The van der Waals surface area contributed by atoms with E-state index in [9.17, 15) is 9.90 Å². The zero-order chi connectivity index (χ0) is 19.8. The molecule has 0 radical (unpaired) electrons. The number of piperazine rings is 1. The topological polar surface area (TPSA) is 56.2 Å². The van der Waals surface area contributed by atoms with Crippen LogP contribution in [0.4, 0.5) is 0 Å². The number of nitrogens with zero attached hydrogens (tertiary/aromatic N) is 3. The van der Waals surface area contributed by atoms with Crippen LogP contribution in [0, 0.1) is 5.92 Å². The number of ether oxygens (including phenoxy) is 1. The van der Waals surface area contributed by atoms with Gasteiger partial charge in [0, 0.05) is 51.9 Å². The van der Waals surface area contributed by atoms with Crippen molar-refractivity contribution in [2.45, 2.75) is 31.9 Å². The van der Waals surface area contributed by atoms with Gasteiger partial charge in [-0.25, -0.2) is 0 Å². The van der Waals surface area contributed by atoms with Crippen molar-refractivity contribution in [2.24, 2.45) is 5.92 Å². The average Bonchev–Trinajstić information content (AvgIpc) is 2.73. The number of hydrogen-bond acceptors (Lipinski definition) is 5. The van der Waals surface area contributed by atoms with Crippen LogP contribution in [-0.2, 0) is 16.1 Å². The van der Waals surface area contributed by atoms with Crippen LogP contribution < -0.4 is 0 Å². The van der Waals surface area contributed by atoms with Crippen LogP contribution in [0.3, 0.4) is 0 Å². The van der Waals surface area contributed by atoms with Gasteiger partial charge in [-0.15, -0.1) is 0 Å². The minimum absolute atomic E-state index is 0.0850. The highest BCUT2D eigenvalue weighted by Gasteiger charge is 2.35. The van der Waals surface area contributed by atoms with Gasteiger partial charge >= 0.3 is 0 Å². The number of aliphatic hydroxyl groups excluding tert-OH is 1. The van der Waals surface area contributed by atoms with Gasteiger partial charge in [0.2, 0.25) is 5.91 Å². The zero-order valence-corrected chi connectivity index (χ0v) is 17.1. The number of hydrogen-bond donors (Lipinski definition) is 1. The predicted molar refractivity (Wildman–Crippen MR) is 110 cm³/mol. The van der Waals surface area contributed by atoms with Crippen molar-refractivity contribution in [3.63, 3.8) is 0 Å². The molecule has 0 saturated carbocycles. The highest BCUT2D eigenvalue weighted by molar-refractivity contribution is 5.77. The van der Waals surface area contributed by atoms with E-state index < -0.39 is 0 Å². The van der Waals surface area contributed by atoms with Crippen LogP contribution in [0.1, 0.15) is 24.8 Å². The monoisotopic (exact) mass is 389 g/mol. The van der Waals surface area contributed by atoms with Crippen LogP contribution in [-0.4, -0.2) is 91.3 Å². The van der Waals surface area contributed by atoms with Crippen molar-refractivity contribution in [2.75, 3.05) is 59.5 Å². The van der Waals surface area contributed by atoms with E-state index in [1.807, 2.05) is 35.2 Å². The maximum absolute atomic E-state index is 12.7. The molecule has 156 valence electrons. The minimum Gasteiger partial charge on any atom is -0.396 e. The normalized spacial score (nSPS) is 24.4. The number of aliphatic hydroxyl groups is 1. The Balaban J connectivity index is 1.50. The Morgan fingerprint density at radius 2 is 1.89 bits per heavy atom. The number of likely N-dealkylation sites (tertiary alicyclic amines) is 1. The third-order valence-corrected chi connectivity index (χ3v) is 6.12. The molecule has 0 aromatic heterocycles. The fraction of sp³-hybridized carbons (Fsp3) is 0.682. The first-order valence-electron chi connectivity index (χ1n) is 10.6. The van der Waals surface area contributed by atoms with E-state index in [2.05, 4.69) is 16.8 Å². The summed E-state index contributed by atoms with van der Waals surface area (Å²) in [5.74, 6) is 0.518. The van der Waals surface area contributed by atoms with Gasteiger partial charge in [-0.05, 0) is 37.8 Å². The first kappa shape index (κ1) is 21.2. The first-order valence-corrected chi connectivity index (χ1v) is 10.6. The SMILES string of the molecule is CN1CCN([C@@H]2CCN(C(=O)COCc3ccccc3)C[C@@H]2CCCO)CC1. The van der Waals surface area contributed by atoms with Gasteiger partial charge in [0.25, 0.3) is 0 Å². The smallest absolute Gasteiger partial charge is 0.248 e. The zero-order valence-electron chi connectivity index (χ0n) is 17.1. The molecule has 6 nitrogen and oxygen atoms in total. The average molecular weight is 390 g/mol. The Bertz CT molecular complexity index is 590. The lowest BCUT2D eigenvalue weighted by atomic mass is 9.86. The molecule has 2 atom stereocenters. The molecule has 1 aromatic rings. The van der Waals surface area contributed by atoms with E-state index in [-0.39, 0.29) is 19.1 Å². The van der Waals surface area contributed by atoms with Crippen molar-refractivity contribution in [1.82, 2.24) is 14.7 Å². The van der Waals surface area contributed by atoms with Gasteiger partial charge < -0.3 is 19.6 Å². The number of rotatable bonds is 8. The fourth-order valence-corrected chi connectivity index (χ4v) is 4.44. The van der Waals surface area contributed by atoms with Crippen LogP contribution in [0.15, 0.2) is 30.3 Å². The lowest BCUT2D eigenvalue weighted by Crippen LogP contribution is -2.57. The van der Waals surface area contributed by atoms with Crippen LogP contribution in [0.5, 0.6) is 0 Å². The van der Waals surface area contributed by atoms with E-state index in [4.69, 9.17) is 4.74 Å². The lowest BCUT2D eigenvalue weighted by Gasteiger charge is -2.46. The van der Waals surface area contributed by atoms with E-state index in [1.54, 1.807) is 0 Å². The molecule has 6 heteroatoms. The molecule has 3 rings (SSSR count). The van der Waals surface area contributed by atoms with Gasteiger partial charge in [-0.3, -0.25) is 9.69 Å². The standard InChI is InChI=1S/C22H35N3O3/c1-23-11-13-24(14-12-23)21-9-10-25(16-20(21)8-5-15-26)22(27)18-28-17-19-6-3-2-4-7-19/h2-4,6-7,20-21,26H,5,8-18H2,1H3/t20-,21+/m0/s1. The summed E-state index contributed by atoms with van der Waals surface area (Å²) in [5, 5.41) is 9.31. The molecule has 2 saturated heterocycles. The molecule has 28 heavy (non-hydrogen) atoms. The molecule has 2 fully saturated rings. The Morgan fingerprint density at radius 1 is 1.14 bits per heavy atom. The molecule has 2 heterocycles. The molecule has 0 spiro atoms. The third-order valence-electron chi connectivity index (χ3n) is 6.12. The van der Waals surface area contributed by atoms with E-state index in [0.29, 0.717) is 18.6 Å². The highest BCUT2D eigenvalue weighted by atomic mass is 16.5. The predicted octanol–water partition coefficient (Wildman–Crippen LogP) is 1.44. The molecular formula is C22H35N3O3. The lowest BCUT2D eigenvalue weighted by molar-refractivity contribution is -0.139. The molecule has 1 N–H and O–H groups in total. The second-order valence-corrected chi connectivity index (χ2v) is 8.14. The molecule has 1 aromatic carbocycles. The Morgan fingerprint density at radius 3 is 2.61 bits per heavy atom. The summed E-state index contributed by atoms with van der Waals surface area (Å²) in [6.07, 6.45) is 2.80. The van der Waals surface area contributed by atoms with E-state index in [1.165, 1.54) is 0 Å². The molecule has 2 aliphatic heterocycles. The number of carbonyl (C=O) groups excluding carboxylic acids is 1. The first-order chi connectivity index (χ1) is 13.7. The fourth-order valence-electron chi connectivity index (χ4n) is 4.44. The summed E-state index contributed by atoms with van der Waals surface area (Å²) >= 11 is 0. The van der Waals surface area contributed by atoms with Crippen LogP contribution in [0.2, 0.25) is 0 Å². The van der Waals surface area contributed by atoms with Crippen molar-refractivity contribution in [1.29, 1.82) is 0 Å². The van der Waals surface area contributed by atoms with Gasteiger partial charge in [0.15, 0.2) is 0 Å². The van der Waals surface area contributed by atoms with Gasteiger partial charge in [-0.1, -0.05) is 30.3 Å². The summed E-state index contributed by atoms with van der Waals surface area (Å²) in [5.41, 5.74) is 1.09. The van der Waals surface area contributed by atoms with Crippen LogP contribution >= 0.6 is 0 Å². The molecular weight excluding hydrogens is 354 g/mol. The summed E-state index contributed by atoms with van der Waals surface area (Å²) in [7, 11) is 2.18. The van der Waals surface area contributed by atoms with Crippen LogP contribution in [0.25, 0.3) is 0 Å². The summed E-state index contributed by atoms with van der Waals surface area (Å²) in [6, 6.07) is 10.5. The summed E-state index contributed by atoms with van der Waals surface area (Å²) in [6.45, 7) is 6.85. The summed E-state index contributed by atoms with van der Waals surface area (Å²) < 4.78 is 5.66. The highest BCUT2D eigenvalue weighted by Crippen LogP contribution is 2.27. The van der Waals surface area contributed by atoms with Crippen molar-refractivity contribution >= 4 is 5.91 Å². The van der Waals surface area contributed by atoms with Crippen molar-refractivity contribution in [3.05, 3.63) is 35.9 Å². The van der Waals surface area contributed by atoms with Crippen molar-refractivity contribution < 1.29 is 14.6 Å². The quantitative estimate of drug-likeness (QED) is 0.729. The maximum Gasteiger partial charge on any atom is 0.248 e. The van der Waals surface area contributed by atoms with Gasteiger partial charge in [0.1, 0.15) is 6.61 Å². The number of piperidine rings is 1. The molecule has 1 amide bonds. The van der Waals surface area contributed by atoms with Gasteiger partial charge in [-0.2, -0.15) is 0 Å². The molecule has 0 unspecified atom stereocenters. The van der Waals surface area contributed by atoms with Crippen molar-refractivity contribution in [3.8, 4) is 0 Å². The van der Waals surface area contributed by atoms with E-state index >= 15 is 0 Å². The number of likely N-dealkylation sites (N-methyl/N-ethyl adjacent to an activating group) is 1. The maximum atomic E-state index is 12.7. The number of benzene rings is 1. The third kappa shape index (κ3) is 6.01. The minimum atomic E-state index is 0.0850. The molecule has 2 aliphatic rings. The van der Waals surface area contributed by atoms with Gasteiger partial charge in [0.05, 0.1) is 6.61 Å².